The number of aromatic nitrogens is 2. The molecule has 0 spiro atoms. The highest BCUT2D eigenvalue weighted by Gasteiger charge is 2.32. The Morgan fingerprint density at radius 2 is 2.00 bits per heavy atom. The summed E-state index contributed by atoms with van der Waals surface area (Å²) in [7, 11) is -0.190. The summed E-state index contributed by atoms with van der Waals surface area (Å²) in [6.07, 6.45) is -4.85. The molecule has 3 heterocycles. The predicted molar refractivity (Wildman–Crippen MR) is 145 cm³/mol. The van der Waals surface area contributed by atoms with Gasteiger partial charge in [0.15, 0.2) is 15.5 Å². The number of alkyl halides is 4. The van der Waals surface area contributed by atoms with Gasteiger partial charge in [-0.05, 0) is 43.7 Å². The molecule has 1 aliphatic rings. The second-order valence-electron chi connectivity index (χ2n) is 9.55. The first-order valence-electron chi connectivity index (χ1n) is 12.7. The number of ether oxygens (including phenoxy) is 1. The van der Waals surface area contributed by atoms with E-state index in [1.54, 1.807) is 25.1 Å². The maximum atomic E-state index is 14.6. The van der Waals surface area contributed by atoms with E-state index in [9.17, 15) is 26.0 Å². The van der Waals surface area contributed by atoms with Crippen molar-refractivity contribution in [1.82, 2.24) is 14.3 Å². The number of piperidine rings is 1. The van der Waals surface area contributed by atoms with E-state index < -0.39 is 34.6 Å². The fourth-order valence-electron chi connectivity index (χ4n) is 4.55. The zero-order valence-corrected chi connectivity index (χ0v) is 23.2. The van der Waals surface area contributed by atoms with Gasteiger partial charge in [0.05, 0.1) is 53.8 Å². The van der Waals surface area contributed by atoms with Gasteiger partial charge in [-0.3, -0.25) is 0 Å². The Morgan fingerprint density at radius 3 is 2.67 bits per heavy atom. The van der Waals surface area contributed by atoms with Gasteiger partial charge < -0.3 is 24.7 Å². The zero-order chi connectivity index (χ0) is 29.1. The van der Waals surface area contributed by atoms with Crippen LogP contribution in [0.25, 0.3) is 5.65 Å². The Hall–Kier alpha value is -3.50. The molecule has 0 radical (unpaired) electrons. The van der Waals surface area contributed by atoms with Gasteiger partial charge in [-0.15, -0.1) is 0 Å². The van der Waals surface area contributed by atoms with Crippen molar-refractivity contribution < 1.29 is 30.7 Å². The second kappa shape index (κ2) is 11.9. The van der Waals surface area contributed by atoms with Crippen molar-refractivity contribution in [2.45, 2.75) is 43.1 Å². The van der Waals surface area contributed by atoms with E-state index in [1.807, 2.05) is 11.9 Å². The van der Waals surface area contributed by atoms with E-state index in [0.717, 1.165) is 0 Å². The molecule has 2 atom stereocenters. The summed E-state index contributed by atoms with van der Waals surface area (Å²) in [6, 6.07) is 7.16. The van der Waals surface area contributed by atoms with Crippen LogP contribution in [0.2, 0.25) is 0 Å². The highest BCUT2D eigenvalue weighted by atomic mass is 32.2. The van der Waals surface area contributed by atoms with E-state index in [4.69, 9.17) is 4.74 Å². The van der Waals surface area contributed by atoms with Gasteiger partial charge in [-0.2, -0.15) is 13.2 Å². The Bertz CT molecular complexity index is 1530. The molecule has 4 rings (SSSR count). The van der Waals surface area contributed by atoms with Crippen LogP contribution in [0, 0.1) is 11.8 Å². The number of likely N-dealkylation sites (tertiary alicyclic amines) is 1. The summed E-state index contributed by atoms with van der Waals surface area (Å²) < 4.78 is 86.1. The van der Waals surface area contributed by atoms with Crippen LogP contribution in [0.1, 0.15) is 24.7 Å². The number of pyridine rings is 1. The van der Waals surface area contributed by atoms with Crippen LogP contribution in [-0.4, -0.2) is 80.6 Å². The Labute approximate surface area is 230 Å². The number of anilines is 2. The first-order valence-corrected chi connectivity index (χ1v) is 14.4. The first-order chi connectivity index (χ1) is 18.9. The highest BCUT2D eigenvalue weighted by Crippen LogP contribution is 2.29. The summed E-state index contributed by atoms with van der Waals surface area (Å²) in [5, 5.41) is 6.13. The van der Waals surface area contributed by atoms with Crippen molar-refractivity contribution in [2.24, 2.45) is 0 Å². The third-order valence-electron chi connectivity index (χ3n) is 6.69. The van der Waals surface area contributed by atoms with Crippen LogP contribution < -0.4 is 15.4 Å². The molecular weight excluding hydrogens is 550 g/mol. The number of hydrogen-bond acceptors (Lipinski definition) is 7. The highest BCUT2D eigenvalue weighted by molar-refractivity contribution is 7.91. The number of sulfone groups is 1. The molecule has 1 aromatic carbocycles. The minimum Gasteiger partial charge on any atom is -0.495 e. The molecule has 8 nitrogen and oxygen atoms in total. The summed E-state index contributed by atoms with van der Waals surface area (Å²) in [4.78, 5) is 6.41. The number of halogens is 4. The molecule has 2 aromatic heterocycles. The number of fused-ring (bicyclic) bond motifs is 1. The van der Waals surface area contributed by atoms with Crippen molar-refractivity contribution in [3.8, 4) is 17.6 Å². The van der Waals surface area contributed by atoms with Crippen LogP contribution in [0.3, 0.4) is 0 Å². The molecule has 0 bridgehead atoms. The third-order valence-corrected chi connectivity index (χ3v) is 8.42. The molecule has 2 N–H and O–H groups in total. The summed E-state index contributed by atoms with van der Waals surface area (Å²) >= 11 is 0. The van der Waals surface area contributed by atoms with Gasteiger partial charge in [0.1, 0.15) is 17.6 Å². The Kier molecular flexibility index (Phi) is 8.80. The van der Waals surface area contributed by atoms with E-state index in [2.05, 4.69) is 27.5 Å². The smallest absolute Gasteiger partial charge is 0.394 e. The molecule has 40 heavy (non-hydrogen) atoms. The van der Waals surface area contributed by atoms with E-state index >= 15 is 0 Å². The van der Waals surface area contributed by atoms with Crippen LogP contribution >= 0.6 is 0 Å². The first kappa shape index (κ1) is 29.5. The largest absolute Gasteiger partial charge is 0.495 e. The maximum Gasteiger partial charge on any atom is 0.394 e. The summed E-state index contributed by atoms with van der Waals surface area (Å²) in [5.74, 6) is 5.76. The zero-order valence-electron chi connectivity index (χ0n) is 22.3. The number of nitrogens with one attached hydrogen (secondary N) is 2. The predicted octanol–water partition coefficient (Wildman–Crippen LogP) is 4.16. The minimum atomic E-state index is -4.50. The lowest BCUT2D eigenvalue weighted by Gasteiger charge is -2.33. The molecule has 3 aromatic rings. The molecule has 0 amide bonds. The number of methoxy groups -OCH3 is 1. The van der Waals surface area contributed by atoms with E-state index in [0.29, 0.717) is 24.3 Å². The van der Waals surface area contributed by atoms with Crippen LogP contribution in [-0.2, 0) is 16.3 Å². The lowest BCUT2D eigenvalue weighted by molar-refractivity contribution is -0.128. The molecule has 0 saturated carbocycles. The Morgan fingerprint density at radius 1 is 1.23 bits per heavy atom. The molecular formula is C27H31F4N5O3S. The number of imidazole rings is 1. The lowest BCUT2D eigenvalue weighted by atomic mass is 10.0. The summed E-state index contributed by atoms with van der Waals surface area (Å²) in [5.41, 5.74) is 0.985. The summed E-state index contributed by atoms with van der Waals surface area (Å²) in [6.45, 7) is 2.53. The maximum absolute atomic E-state index is 14.6. The van der Waals surface area contributed by atoms with Gasteiger partial charge >= 0.3 is 6.18 Å². The van der Waals surface area contributed by atoms with Crippen molar-refractivity contribution in [3.63, 3.8) is 0 Å². The Balaban J connectivity index is 1.60. The van der Waals surface area contributed by atoms with Crippen LogP contribution in [0.5, 0.6) is 5.75 Å². The number of hydrogen-bond donors (Lipinski definition) is 2. The quantitative estimate of drug-likeness (QED) is 0.305. The topological polar surface area (TPSA) is 88.0 Å². The fraction of sp³-hybridized carbons (Fsp3) is 0.444. The molecule has 0 unspecified atom stereocenters. The standard InChI is InChI=1S/C27H31F4N5O3S/c1-4-40(37,38)18-9-10-22(25(15-18)39-3)32-12-5-7-21-24(16-27(29,30)31)36-13-6-8-23(26(36)34-21)33-20-11-14-35(2)17-19(20)28/h6,8-10,13,15,19-20,32-33H,4,11-12,14,16-17H2,1-3H3/t19-,20+/m0/s1. The molecule has 0 aliphatic carbocycles. The molecule has 13 heteroatoms. The van der Waals surface area contributed by atoms with Crippen molar-refractivity contribution in [2.75, 3.05) is 50.2 Å². The van der Waals surface area contributed by atoms with Gasteiger partial charge in [-0.1, -0.05) is 12.8 Å². The van der Waals surface area contributed by atoms with Gasteiger partial charge in [-0.25, -0.2) is 17.8 Å². The number of rotatable bonds is 8. The van der Waals surface area contributed by atoms with E-state index in [-0.39, 0.29) is 46.5 Å². The fourth-order valence-corrected chi connectivity index (χ4v) is 5.45. The van der Waals surface area contributed by atoms with Gasteiger partial charge in [0, 0.05) is 25.4 Å². The van der Waals surface area contributed by atoms with Gasteiger partial charge in [0.25, 0.3) is 0 Å². The van der Waals surface area contributed by atoms with E-state index in [1.165, 1.54) is 29.8 Å². The van der Waals surface area contributed by atoms with Crippen LogP contribution in [0.15, 0.2) is 41.4 Å². The molecule has 1 aliphatic heterocycles. The molecule has 216 valence electrons. The monoisotopic (exact) mass is 581 g/mol. The average molecular weight is 582 g/mol. The normalized spacial score (nSPS) is 18.3. The molecule has 1 fully saturated rings. The second-order valence-corrected chi connectivity index (χ2v) is 11.8. The molecule has 1 saturated heterocycles. The SMILES string of the molecule is CCS(=O)(=O)c1ccc(NCC#Cc2nc3c(N[C@@H]4CCN(C)C[C@@H]4F)cccn3c2CC(F)(F)F)c(OC)c1. The van der Waals surface area contributed by atoms with Crippen molar-refractivity contribution in [3.05, 3.63) is 47.9 Å². The lowest BCUT2D eigenvalue weighted by Crippen LogP contribution is -2.46. The third kappa shape index (κ3) is 6.79. The van der Waals surface area contributed by atoms with Crippen molar-refractivity contribution >= 4 is 26.9 Å². The van der Waals surface area contributed by atoms with Crippen LogP contribution in [0.4, 0.5) is 28.9 Å². The average Bonchev–Trinajstić information content (AvgIpc) is 3.24. The van der Waals surface area contributed by atoms with Crippen molar-refractivity contribution in [1.29, 1.82) is 0 Å². The number of nitrogens with zero attached hydrogens (tertiary/aromatic N) is 3. The minimum absolute atomic E-state index is 0.0276. The van der Waals surface area contributed by atoms with Gasteiger partial charge in [0.2, 0.25) is 0 Å². The number of benzene rings is 1.